The molecule has 8 heteroatoms. The van der Waals surface area contributed by atoms with Crippen LogP contribution in [0.4, 0.5) is 0 Å². The number of piperidine rings is 1. The Morgan fingerprint density at radius 2 is 2.19 bits per heavy atom. The summed E-state index contributed by atoms with van der Waals surface area (Å²) in [5.41, 5.74) is 2.47. The van der Waals surface area contributed by atoms with Gasteiger partial charge in [-0.2, -0.15) is 5.10 Å². The van der Waals surface area contributed by atoms with Crippen molar-refractivity contribution in [2.24, 2.45) is 13.0 Å². The van der Waals surface area contributed by atoms with Gasteiger partial charge in [-0.15, -0.1) is 11.3 Å². The third-order valence-electron chi connectivity index (χ3n) is 5.23. The first-order chi connectivity index (χ1) is 13.0. The highest BCUT2D eigenvalue weighted by Crippen LogP contribution is 2.35. The Morgan fingerprint density at radius 1 is 1.41 bits per heavy atom. The van der Waals surface area contributed by atoms with E-state index in [0.717, 1.165) is 54.4 Å². The Kier molecular flexibility index (Phi) is 5.36. The highest BCUT2D eigenvalue weighted by atomic mass is 35.5. The Labute approximate surface area is 167 Å². The van der Waals surface area contributed by atoms with E-state index in [-0.39, 0.29) is 6.10 Å². The largest absolute Gasteiger partial charge is 0.387 e. The van der Waals surface area contributed by atoms with Crippen molar-refractivity contribution >= 4 is 22.9 Å². The van der Waals surface area contributed by atoms with E-state index in [4.69, 9.17) is 16.1 Å². The second-order valence-corrected chi connectivity index (χ2v) is 8.48. The third kappa shape index (κ3) is 3.82. The molecule has 1 N–H and O–H groups in total. The van der Waals surface area contributed by atoms with Gasteiger partial charge in [-0.1, -0.05) is 22.8 Å². The van der Waals surface area contributed by atoms with Crippen molar-refractivity contribution in [1.82, 2.24) is 19.8 Å². The Bertz CT molecular complexity index is 897. The van der Waals surface area contributed by atoms with Gasteiger partial charge in [0, 0.05) is 30.1 Å². The molecule has 1 aliphatic rings. The minimum Gasteiger partial charge on any atom is -0.387 e. The molecule has 27 heavy (non-hydrogen) atoms. The molecule has 1 unspecified atom stereocenters. The van der Waals surface area contributed by atoms with E-state index < -0.39 is 0 Å². The van der Waals surface area contributed by atoms with E-state index in [2.05, 4.69) is 15.2 Å². The molecule has 1 saturated heterocycles. The van der Waals surface area contributed by atoms with Gasteiger partial charge in [0.1, 0.15) is 22.3 Å². The monoisotopic (exact) mass is 406 g/mol. The van der Waals surface area contributed by atoms with Gasteiger partial charge in [-0.25, -0.2) is 0 Å². The molecule has 0 radical (unpaired) electrons. The van der Waals surface area contributed by atoms with E-state index in [1.165, 1.54) is 0 Å². The number of aryl methyl sites for hydroxylation is 2. The van der Waals surface area contributed by atoms with Crippen molar-refractivity contribution < 1.29 is 9.63 Å². The predicted octanol–water partition coefficient (Wildman–Crippen LogP) is 4.04. The number of hydrogen-bond donors (Lipinski definition) is 1. The van der Waals surface area contributed by atoms with Gasteiger partial charge in [0.25, 0.3) is 0 Å². The van der Waals surface area contributed by atoms with Crippen LogP contribution in [0.25, 0.3) is 11.4 Å². The van der Waals surface area contributed by atoms with Gasteiger partial charge in [-0.3, -0.25) is 9.58 Å². The third-order valence-corrected chi connectivity index (χ3v) is 6.65. The average molecular weight is 407 g/mol. The van der Waals surface area contributed by atoms with Crippen LogP contribution in [0.3, 0.4) is 0 Å². The first-order valence-electron chi connectivity index (χ1n) is 9.12. The molecule has 0 amide bonds. The van der Waals surface area contributed by atoms with E-state index in [0.29, 0.717) is 16.8 Å². The highest BCUT2D eigenvalue weighted by Gasteiger charge is 2.28. The molecule has 3 aromatic heterocycles. The standard InChI is InChI=1S/C19H23ClN4O2S/c1-12-10-15(22-26-12)17-14(19(20)23(2)21-17)11-24-7-5-13(6-8-24)18(25)16-4-3-9-27-16/h3-4,9-10,13,18,25H,5-8,11H2,1-2H3. The number of thiophene rings is 1. The lowest BCUT2D eigenvalue weighted by Gasteiger charge is -2.34. The minimum absolute atomic E-state index is 0.307. The number of aliphatic hydroxyl groups is 1. The van der Waals surface area contributed by atoms with E-state index in [1.54, 1.807) is 16.0 Å². The Morgan fingerprint density at radius 3 is 2.81 bits per heavy atom. The molecule has 0 saturated carbocycles. The molecule has 3 aromatic rings. The lowest BCUT2D eigenvalue weighted by molar-refractivity contribution is 0.0591. The van der Waals surface area contributed by atoms with Crippen molar-refractivity contribution in [3.8, 4) is 11.4 Å². The van der Waals surface area contributed by atoms with Crippen molar-refractivity contribution in [3.63, 3.8) is 0 Å². The summed E-state index contributed by atoms with van der Waals surface area (Å²) in [6, 6.07) is 5.89. The van der Waals surface area contributed by atoms with E-state index in [9.17, 15) is 5.11 Å². The van der Waals surface area contributed by atoms with E-state index >= 15 is 0 Å². The second kappa shape index (κ2) is 7.75. The second-order valence-electron chi connectivity index (χ2n) is 7.14. The highest BCUT2D eigenvalue weighted by molar-refractivity contribution is 7.10. The van der Waals surface area contributed by atoms with Gasteiger partial charge >= 0.3 is 0 Å². The normalized spacial score (nSPS) is 17.5. The lowest BCUT2D eigenvalue weighted by atomic mass is 9.90. The number of halogens is 1. The number of hydrogen-bond acceptors (Lipinski definition) is 6. The molecule has 144 valence electrons. The van der Waals surface area contributed by atoms with Gasteiger partial charge in [0.05, 0.1) is 6.10 Å². The topological polar surface area (TPSA) is 67.3 Å². The van der Waals surface area contributed by atoms with Crippen molar-refractivity contribution in [3.05, 3.63) is 44.9 Å². The maximum Gasteiger partial charge on any atom is 0.134 e. The lowest BCUT2D eigenvalue weighted by Crippen LogP contribution is -2.35. The predicted molar refractivity (Wildman–Crippen MR) is 106 cm³/mol. The van der Waals surface area contributed by atoms with E-state index in [1.807, 2.05) is 37.6 Å². The van der Waals surface area contributed by atoms with Gasteiger partial charge in [0.15, 0.2) is 0 Å². The summed E-state index contributed by atoms with van der Waals surface area (Å²) in [7, 11) is 1.84. The number of rotatable bonds is 5. The molecular formula is C19H23ClN4O2S. The Hall–Kier alpha value is -1.67. The van der Waals surface area contributed by atoms with Crippen molar-refractivity contribution in [1.29, 1.82) is 0 Å². The fourth-order valence-electron chi connectivity index (χ4n) is 3.71. The van der Waals surface area contributed by atoms with Crippen LogP contribution in [0.15, 0.2) is 28.1 Å². The summed E-state index contributed by atoms with van der Waals surface area (Å²) < 4.78 is 6.89. The molecule has 1 fully saturated rings. The molecule has 0 spiro atoms. The summed E-state index contributed by atoms with van der Waals surface area (Å²) in [6.07, 6.45) is 1.58. The molecule has 0 aromatic carbocycles. The molecule has 0 aliphatic carbocycles. The minimum atomic E-state index is -0.359. The molecular weight excluding hydrogens is 384 g/mol. The van der Waals surface area contributed by atoms with Crippen LogP contribution in [0.5, 0.6) is 0 Å². The molecule has 1 atom stereocenters. The van der Waals surface area contributed by atoms with Crippen LogP contribution in [-0.2, 0) is 13.6 Å². The smallest absolute Gasteiger partial charge is 0.134 e. The van der Waals surface area contributed by atoms with Gasteiger partial charge < -0.3 is 9.63 Å². The first kappa shape index (κ1) is 18.7. The molecule has 6 nitrogen and oxygen atoms in total. The SMILES string of the molecule is Cc1cc(-c2nn(C)c(Cl)c2CN2CCC(C(O)c3cccs3)CC2)no1. The summed E-state index contributed by atoms with van der Waals surface area (Å²) in [5.74, 6) is 1.06. The average Bonchev–Trinajstić information content (AvgIpc) is 3.40. The quantitative estimate of drug-likeness (QED) is 0.692. The van der Waals surface area contributed by atoms with Crippen LogP contribution in [0, 0.1) is 12.8 Å². The molecule has 1 aliphatic heterocycles. The number of likely N-dealkylation sites (tertiary alicyclic amines) is 1. The zero-order chi connectivity index (χ0) is 19.0. The van der Waals surface area contributed by atoms with Crippen molar-refractivity contribution in [2.75, 3.05) is 13.1 Å². The molecule has 4 heterocycles. The number of aromatic nitrogens is 3. The molecule has 0 bridgehead atoms. The summed E-state index contributed by atoms with van der Waals surface area (Å²) >= 11 is 8.14. The summed E-state index contributed by atoms with van der Waals surface area (Å²) in [4.78, 5) is 3.43. The summed E-state index contributed by atoms with van der Waals surface area (Å²) in [5, 5.41) is 21.9. The van der Waals surface area contributed by atoms with Crippen LogP contribution in [0.2, 0.25) is 5.15 Å². The van der Waals surface area contributed by atoms with Crippen LogP contribution in [0.1, 0.15) is 35.1 Å². The van der Waals surface area contributed by atoms with Crippen LogP contribution < -0.4 is 0 Å². The fourth-order valence-corrected chi connectivity index (χ4v) is 4.70. The maximum atomic E-state index is 10.6. The molecule has 4 rings (SSSR count). The number of aliphatic hydroxyl groups excluding tert-OH is 1. The zero-order valence-corrected chi connectivity index (χ0v) is 17.0. The van der Waals surface area contributed by atoms with Crippen LogP contribution >= 0.6 is 22.9 Å². The van der Waals surface area contributed by atoms with Gasteiger partial charge in [-0.05, 0) is 50.2 Å². The van der Waals surface area contributed by atoms with Crippen molar-refractivity contribution in [2.45, 2.75) is 32.4 Å². The first-order valence-corrected chi connectivity index (χ1v) is 10.4. The van der Waals surface area contributed by atoms with Gasteiger partial charge in [0.2, 0.25) is 0 Å². The summed E-state index contributed by atoms with van der Waals surface area (Å²) in [6.45, 7) is 4.44. The zero-order valence-electron chi connectivity index (χ0n) is 15.4. The number of nitrogens with zero attached hydrogens (tertiary/aromatic N) is 4. The maximum absolute atomic E-state index is 10.6. The Balaban J connectivity index is 1.45. The van der Waals surface area contributed by atoms with Crippen LogP contribution in [-0.4, -0.2) is 38.0 Å². The fraction of sp³-hybridized carbons (Fsp3) is 0.474.